The van der Waals surface area contributed by atoms with Gasteiger partial charge in [0.15, 0.2) is 5.82 Å². The third-order valence-electron chi connectivity index (χ3n) is 3.32. The van der Waals surface area contributed by atoms with E-state index in [1.165, 1.54) is 0 Å². The second-order valence-corrected chi connectivity index (χ2v) is 5.17. The highest BCUT2D eigenvalue weighted by Gasteiger charge is 2.24. The summed E-state index contributed by atoms with van der Waals surface area (Å²) in [7, 11) is 1.94. The van der Waals surface area contributed by atoms with Crippen LogP contribution in [0.1, 0.15) is 49.4 Å². The van der Waals surface area contributed by atoms with Gasteiger partial charge in [0.25, 0.3) is 5.89 Å². The highest BCUT2D eigenvalue weighted by molar-refractivity contribution is 4.92. The van der Waals surface area contributed by atoms with Crippen LogP contribution in [0.4, 0.5) is 0 Å². The van der Waals surface area contributed by atoms with Crippen LogP contribution in [-0.4, -0.2) is 38.9 Å². The highest BCUT2D eigenvalue weighted by Crippen LogP contribution is 2.26. The summed E-state index contributed by atoms with van der Waals surface area (Å²) in [6.45, 7) is 3.85. The molecule has 0 aliphatic carbocycles. The van der Waals surface area contributed by atoms with E-state index in [1.54, 1.807) is 0 Å². The van der Waals surface area contributed by atoms with Gasteiger partial charge in [0.1, 0.15) is 6.10 Å². The molecule has 3 heterocycles. The topological polar surface area (TPSA) is 90.3 Å². The second-order valence-electron chi connectivity index (χ2n) is 5.17. The second kappa shape index (κ2) is 6.31. The average Bonchev–Trinajstić information content (AvgIpc) is 3.19. The zero-order valence-corrected chi connectivity index (χ0v) is 12.3. The summed E-state index contributed by atoms with van der Waals surface area (Å²) < 4.78 is 16.3. The predicted octanol–water partition coefficient (Wildman–Crippen LogP) is 1.50. The Morgan fingerprint density at radius 1 is 1.24 bits per heavy atom. The van der Waals surface area contributed by atoms with Gasteiger partial charge in [0.2, 0.25) is 11.8 Å². The van der Waals surface area contributed by atoms with Gasteiger partial charge in [-0.3, -0.25) is 4.90 Å². The van der Waals surface area contributed by atoms with Crippen LogP contribution < -0.4 is 0 Å². The van der Waals surface area contributed by atoms with Crippen molar-refractivity contribution in [3.05, 3.63) is 23.5 Å². The summed E-state index contributed by atoms with van der Waals surface area (Å²) in [6.07, 6.45) is 2.68. The normalized spacial score (nSPS) is 18.7. The Balaban J connectivity index is 1.55. The number of ether oxygens (including phenoxy) is 1. The van der Waals surface area contributed by atoms with Gasteiger partial charge in [0, 0.05) is 13.0 Å². The molecule has 0 N–H and O–H groups in total. The van der Waals surface area contributed by atoms with Gasteiger partial charge in [-0.2, -0.15) is 4.98 Å². The smallest absolute Gasteiger partial charge is 0.255 e. The lowest BCUT2D eigenvalue weighted by Crippen LogP contribution is -2.18. The van der Waals surface area contributed by atoms with E-state index in [9.17, 15) is 0 Å². The van der Waals surface area contributed by atoms with Gasteiger partial charge in [-0.15, -0.1) is 10.2 Å². The molecule has 0 saturated carbocycles. The molecule has 0 bridgehead atoms. The van der Waals surface area contributed by atoms with Crippen LogP contribution in [0, 0.1) is 0 Å². The number of nitrogens with zero attached hydrogens (tertiary/aromatic N) is 5. The maximum atomic E-state index is 5.52. The van der Waals surface area contributed by atoms with Crippen LogP contribution in [0.15, 0.2) is 8.94 Å². The van der Waals surface area contributed by atoms with Crippen LogP contribution in [-0.2, 0) is 24.2 Å². The average molecular weight is 293 g/mol. The van der Waals surface area contributed by atoms with Crippen LogP contribution in [0.2, 0.25) is 0 Å². The first-order valence-corrected chi connectivity index (χ1v) is 7.18. The largest absolute Gasteiger partial charge is 0.424 e. The van der Waals surface area contributed by atoms with E-state index >= 15 is 0 Å². The van der Waals surface area contributed by atoms with Gasteiger partial charge in [-0.05, 0) is 19.9 Å². The summed E-state index contributed by atoms with van der Waals surface area (Å²) in [4.78, 5) is 6.38. The third kappa shape index (κ3) is 3.45. The van der Waals surface area contributed by atoms with E-state index in [1.807, 2.05) is 18.9 Å². The fourth-order valence-corrected chi connectivity index (χ4v) is 2.26. The molecular weight excluding hydrogens is 274 g/mol. The van der Waals surface area contributed by atoms with Gasteiger partial charge in [0.05, 0.1) is 13.1 Å². The Morgan fingerprint density at radius 3 is 2.81 bits per heavy atom. The van der Waals surface area contributed by atoms with E-state index in [-0.39, 0.29) is 6.10 Å². The first-order chi connectivity index (χ1) is 10.2. The molecule has 2 aromatic rings. The predicted molar refractivity (Wildman–Crippen MR) is 71.1 cm³/mol. The van der Waals surface area contributed by atoms with Crippen molar-refractivity contribution in [3.8, 4) is 0 Å². The molecule has 0 radical (unpaired) electrons. The molecule has 8 nitrogen and oxygen atoms in total. The number of aryl methyl sites for hydroxylation is 1. The van der Waals surface area contributed by atoms with E-state index in [4.69, 9.17) is 13.7 Å². The fourth-order valence-electron chi connectivity index (χ4n) is 2.26. The Kier molecular flexibility index (Phi) is 4.26. The quantitative estimate of drug-likeness (QED) is 0.791. The number of aromatic nitrogens is 4. The van der Waals surface area contributed by atoms with E-state index < -0.39 is 0 Å². The van der Waals surface area contributed by atoms with Crippen molar-refractivity contribution in [3.63, 3.8) is 0 Å². The minimum atomic E-state index is -0.0420. The van der Waals surface area contributed by atoms with Crippen molar-refractivity contribution in [1.29, 1.82) is 0 Å². The van der Waals surface area contributed by atoms with Crippen LogP contribution in [0.25, 0.3) is 0 Å². The molecule has 8 heteroatoms. The molecule has 0 aromatic carbocycles. The molecule has 0 amide bonds. The first-order valence-electron chi connectivity index (χ1n) is 7.18. The van der Waals surface area contributed by atoms with Crippen LogP contribution in [0.5, 0.6) is 0 Å². The van der Waals surface area contributed by atoms with Crippen LogP contribution >= 0.6 is 0 Å². The SMILES string of the molecule is CCc1nnc(CN(C)Cc2noc([C@H]3CCCO3)n2)o1. The Bertz CT molecular complexity index is 576. The monoisotopic (exact) mass is 293 g/mol. The minimum absolute atomic E-state index is 0.0420. The lowest BCUT2D eigenvalue weighted by molar-refractivity contribution is 0.0835. The first kappa shape index (κ1) is 14.2. The Hall–Kier alpha value is -1.80. The Labute approximate surface area is 122 Å². The molecule has 1 saturated heterocycles. The number of hydrogen-bond donors (Lipinski definition) is 0. The molecule has 1 fully saturated rings. The van der Waals surface area contributed by atoms with E-state index in [0.717, 1.165) is 25.9 Å². The maximum absolute atomic E-state index is 5.52. The fraction of sp³-hybridized carbons (Fsp3) is 0.692. The van der Waals surface area contributed by atoms with Gasteiger partial charge >= 0.3 is 0 Å². The third-order valence-corrected chi connectivity index (χ3v) is 3.32. The van der Waals surface area contributed by atoms with Crippen molar-refractivity contribution in [1.82, 2.24) is 25.2 Å². The van der Waals surface area contributed by atoms with Crippen molar-refractivity contribution in [2.45, 2.75) is 45.4 Å². The zero-order valence-electron chi connectivity index (χ0n) is 12.3. The highest BCUT2D eigenvalue weighted by atomic mass is 16.5. The molecule has 1 aliphatic rings. The minimum Gasteiger partial charge on any atom is -0.424 e. The molecular formula is C13H19N5O3. The molecule has 0 unspecified atom stereocenters. The standard InChI is InChI=1S/C13H19N5O3/c1-3-11-15-16-12(20-11)8-18(2)7-10-14-13(21-17-10)9-5-4-6-19-9/h9H,3-8H2,1-2H3/t9-/m1/s1. The van der Waals surface area contributed by atoms with E-state index in [0.29, 0.717) is 36.6 Å². The summed E-state index contributed by atoms with van der Waals surface area (Å²) >= 11 is 0. The summed E-state index contributed by atoms with van der Waals surface area (Å²) in [5, 5.41) is 11.9. The molecule has 3 rings (SSSR count). The molecule has 114 valence electrons. The summed E-state index contributed by atoms with van der Waals surface area (Å²) in [6, 6.07) is 0. The van der Waals surface area contributed by atoms with Crippen molar-refractivity contribution < 1.29 is 13.7 Å². The van der Waals surface area contributed by atoms with Crippen molar-refractivity contribution >= 4 is 0 Å². The van der Waals surface area contributed by atoms with Gasteiger partial charge in [-0.25, -0.2) is 0 Å². The van der Waals surface area contributed by atoms with Crippen LogP contribution in [0.3, 0.4) is 0 Å². The summed E-state index contributed by atoms with van der Waals surface area (Å²) in [5.41, 5.74) is 0. The maximum Gasteiger partial charge on any atom is 0.255 e. The molecule has 1 atom stereocenters. The molecule has 0 spiro atoms. The lowest BCUT2D eigenvalue weighted by Gasteiger charge is -2.10. The van der Waals surface area contributed by atoms with E-state index in [2.05, 4.69) is 20.3 Å². The number of rotatable bonds is 6. The molecule has 1 aliphatic heterocycles. The van der Waals surface area contributed by atoms with Gasteiger partial charge < -0.3 is 13.7 Å². The van der Waals surface area contributed by atoms with Gasteiger partial charge in [-0.1, -0.05) is 12.1 Å². The Morgan fingerprint density at radius 2 is 2.10 bits per heavy atom. The summed E-state index contributed by atoms with van der Waals surface area (Å²) in [5.74, 6) is 2.45. The lowest BCUT2D eigenvalue weighted by atomic mass is 10.2. The molecule has 2 aromatic heterocycles. The van der Waals surface area contributed by atoms with Crippen molar-refractivity contribution in [2.75, 3.05) is 13.7 Å². The molecule has 21 heavy (non-hydrogen) atoms. The van der Waals surface area contributed by atoms with Crippen molar-refractivity contribution in [2.24, 2.45) is 0 Å². The zero-order chi connectivity index (χ0) is 14.7. The number of hydrogen-bond acceptors (Lipinski definition) is 8.